The Labute approximate surface area is 313 Å². The van der Waals surface area contributed by atoms with E-state index in [9.17, 15) is 0 Å². The molecule has 0 radical (unpaired) electrons. The molecule has 0 spiro atoms. The summed E-state index contributed by atoms with van der Waals surface area (Å²) >= 11 is 0. The second kappa shape index (κ2) is 13.3. The lowest BCUT2D eigenvalue weighted by molar-refractivity contribution is 0.181. The summed E-state index contributed by atoms with van der Waals surface area (Å²) in [6.07, 6.45) is 26.5. The first-order chi connectivity index (χ1) is 26.1. The molecule has 0 bridgehead atoms. The van der Waals surface area contributed by atoms with E-state index < -0.39 is 0 Å². The molecule has 2 heteroatoms. The smallest absolute Gasteiger partial charge is 0.123 e. The van der Waals surface area contributed by atoms with Gasteiger partial charge in [0.25, 0.3) is 0 Å². The van der Waals surface area contributed by atoms with Crippen LogP contribution in [0.1, 0.15) is 43.2 Å². The molecule has 5 aromatic carbocycles. The van der Waals surface area contributed by atoms with Gasteiger partial charge in [-0.15, -0.1) is 0 Å². The Bertz CT molecular complexity index is 2450. The van der Waals surface area contributed by atoms with E-state index in [4.69, 9.17) is 4.74 Å². The van der Waals surface area contributed by atoms with Gasteiger partial charge in [0.2, 0.25) is 0 Å². The fraction of sp³-hybridized carbons (Fsp3) is 0.176. The van der Waals surface area contributed by atoms with Gasteiger partial charge in [0, 0.05) is 40.4 Å². The minimum absolute atomic E-state index is 0.185. The lowest BCUT2D eigenvalue weighted by Gasteiger charge is -2.33. The van der Waals surface area contributed by atoms with Gasteiger partial charge in [-0.25, -0.2) is 0 Å². The van der Waals surface area contributed by atoms with E-state index in [1.165, 1.54) is 61.2 Å². The van der Waals surface area contributed by atoms with Crippen molar-refractivity contribution in [3.8, 4) is 16.9 Å². The fourth-order valence-corrected chi connectivity index (χ4v) is 9.24. The Morgan fingerprint density at radius 2 is 1.49 bits per heavy atom. The molecule has 5 unspecified atom stereocenters. The van der Waals surface area contributed by atoms with Crippen LogP contribution in [0.25, 0.3) is 27.5 Å². The predicted molar refractivity (Wildman–Crippen MR) is 221 cm³/mol. The Kier molecular flexibility index (Phi) is 7.98. The number of anilines is 2. The number of ether oxygens (including phenoxy) is 1. The number of rotatable bonds is 6. The van der Waals surface area contributed by atoms with Crippen molar-refractivity contribution in [2.24, 2.45) is 17.8 Å². The van der Waals surface area contributed by atoms with Crippen molar-refractivity contribution in [3.63, 3.8) is 0 Å². The van der Waals surface area contributed by atoms with Crippen LogP contribution in [0.15, 0.2) is 193 Å². The van der Waals surface area contributed by atoms with Gasteiger partial charge >= 0.3 is 0 Å². The van der Waals surface area contributed by atoms with Crippen molar-refractivity contribution in [3.05, 3.63) is 204 Å². The Balaban J connectivity index is 1.00. The first kappa shape index (κ1) is 31.8. The molecule has 5 aromatic rings. The fourth-order valence-electron chi connectivity index (χ4n) is 9.24. The molecular weight excluding hydrogens is 643 g/mol. The highest BCUT2D eigenvalue weighted by Crippen LogP contribution is 2.50. The molecule has 1 heterocycles. The zero-order chi connectivity index (χ0) is 35.3. The standard InChI is InChI=1S/C51H43NO/c1-34-27-51-49(33-47(34)43-19-9-17-38(28-43)35-11-3-2-4-12-35)48-32-42(23-26-50(48)53-51)41-18-10-20-44(31-41)52(45-24-21-36-13-5-7-15-39(36)29-45)46-25-22-37-14-6-8-16-40(37)30-46/h2-18,20-26,28-29,31-34,40,43,49,51H,19,27,30H2,1H3. The monoisotopic (exact) mass is 685 g/mol. The van der Waals surface area contributed by atoms with E-state index in [2.05, 4.69) is 188 Å². The zero-order valence-electron chi connectivity index (χ0n) is 30.1. The Morgan fingerprint density at radius 1 is 0.660 bits per heavy atom. The molecule has 53 heavy (non-hydrogen) atoms. The minimum atomic E-state index is 0.185. The van der Waals surface area contributed by atoms with Crippen molar-refractivity contribution in [2.75, 3.05) is 4.90 Å². The summed E-state index contributed by atoms with van der Waals surface area (Å²) in [6, 6.07) is 42.3. The lowest BCUT2D eigenvalue weighted by Crippen LogP contribution is -2.28. The molecule has 2 nitrogen and oxygen atoms in total. The number of fused-ring (bicyclic) bond motifs is 5. The molecular formula is C51H43NO. The molecule has 1 aliphatic heterocycles. The lowest BCUT2D eigenvalue weighted by atomic mass is 9.72. The zero-order valence-corrected chi connectivity index (χ0v) is 30.1. The van der Waals surface area contributed by atoms with Crippen LogP contribution in [-0.2, 0) is 0 Å². The van der Waals surface area contributed by atoms with Gasteiger partial charge in [0.05, 0.1) is 0 Å². The number of nitrogens with zero attached hydrogens (tertiary/aromatic N) is 1. The summed E-state index contributed by atoms with van der Waals surface area (Å²) in [5, 5.41) is 2.50. The van der Waals surface area contributed by atoms with E-state index in [0.717, 1.165) is 25.0 Å². The van der Waals surface area contributed by atoms with E-state index in [1.54, 1.807) is 5.57 Å². The summed E-state index contributed by atoms with van der Waals surface area (Å²) in [6.45, 7) is 2.39. The van der Waals surface area contributed by atoms with Crippen molar-refractivity contribution in [2.45, 2.75) is 38.2 Å². The second-order valence-corrected chi connectivity index (χ2v) is 15.3. The largest absolute Gasteiger partial charge is 0.489 e. The summed E-state index contributed by atoms with van der Waals surface area (Å²) in [4.78, 5) is 2.47. The van der Waals surface area contributed by atoms with Gasteiger partial charge < -0.3 is 9.64 Å². The Hall–Kier alpha value is -5.86. The highest BCUT2D eigenvalue weighted by Gasteiger charge is 2.39. The molecule has 5 aliphatic rings. The third kappa shape index (κ3) is 5.93. The highest BCUT2D eigenvalue weighted by atomic mass is 16.5. The van der Waals surface area contributed by atoms with Crippen LogP contribution in [0.3, 0.4) is 0 Å². The maximum absolute atomic E-state index is 6.67. The van der Waals surface area contributed by atoms with Crippen LogP contribution < -0.4 is 9.64 Å². The molecule has 258 valence electrons. The van der Waals surface area contributed by atoms with Crippen LogP contribution in [0.5, 0.6) is 5.75 Å². The van der Waals surface area contributed by atoms with Crippen molar-refractivity contribution >= 4 is 27.7 Å². The maximum Gasteiger partial charge on any atom is 0.123 e. The molecule has 0 fully saturated rings. The van der Waals surface area contributed by atoms with Gasteiger partial charge in [-0.1, -0.05) is 146 Å². The number of hydrogen-bond acceptors (Lipinski definition) is 2. The average Bonchev–Trinajstić information content (AvgIpc) is 3.57. The van der Waals surface area contributed by atoms with E-state index in [1.807, 2.05) is 0 Å². The van der Waals surface area contributed by atoms with Gasteiger partial charge in [-0.05, 0) is 106 Å². The van der Waals surface area contributed by atoms with E-state index in [0.29, 0.717) is 17.8 Å². The van der Waals surface area contributed by atoms with Gasteiger partial charge in [-0.3, -0.25) is 0 Å². The van der Waals surface area contributed by atoms with Crippen molar-refractivity contribution in [1.29, 1.82) is 0 Å². The average molecular weight is 686 g/mol. The normalized spacial score (nSPS) is 23.9. The highest BCUT2D eigenvalue weighted by molar-refractivity contribution is 5.88. The van der Waals surface area contributed by atoms with Gasteiger partial charge in [0.1, 0.15) is 11.9 Å². The van der Waals surface area contributed by atoms with Crippen molar-refractivity contribution < 1.29 is 4.74 Å². The van der Waals surface area contributed by atoms with Crippen molar-refractivity contribution in [1.82, 2.24) is 0 Å². The summed E-state index contributed by atoms with van der Waals surface area (Å²) in [7, 11) is 0. The first-order valence-electron chi connectivity index (χ1n) is 19.3. The SMILES string of the molecule is CC1CC2Oc3ccc(-c4cccc(N(C5=CC=C6C=CC=CC6C5)c5ccc6ccccc6c5)c4)cc3C2C=C1C1C=C(c2ccccc2)C=CC1. The molecule has 0 saturated heterocycles. The Morgan fingerprint density at radius 3 is 2.42 bits per heavy atom. The van der Waals surface area contributed by atoms with Crippen LogP contribution in [-0.4, -0.2) is 6.10 Å². The number of benzene rings is 5. The van der Waals surface area contributed by atoms with Crippen LogP contribution in [0, 0.1) is 17.8 Å². The molecule has 0 aromatic heterocycles. The third-order valence-corrected chi connectivity index (χ3v) is 12.0. The molecule has 0 saturated carbocycles. The molecule has 4 aliphatic carbocycles. The number of allylic oxidation sites excluding steroid dienone is 13. The predicted octanol–water partition coefficient (Wildman–Crippen LogP) is 13.1. The molecule has 0 amide bonds. The maximum atomic E-state index is 6.67. The van der Waals surface area contributed by atoms with Crippen LogP contribution >= 0.6 is 0 Å². The third-order valence-electron chi connectivity index (χ3n) is 12.0. The van der Waals surface area contributed by atoms with Crippen LogP contribution in [0.4, 0.5) is 11.4 Å². The summed E-state index contributed by atoms with van der Waals surface area (Å²) in [5.74, 6) is 2.58. The molecule has 0 N–H and O–H groups in total. The molecule has 10 rings (SSSR count). The van der Waals surface area contributed by atoms with Gasteiger partial charge in [-0.2, -0.15) is 0 Å². The second-order valence-electron chi connectivity index (χ2n) is 15.3. The van der Waals surface area contributed by atoms with E-state index >= 15 is 0 Å². The topological polar surface area (TPSA) is 12.5 Å². The van der Waals surface area contributed by atoms with E-state index in [-0.39, 0.29) is 12.0 Å². The summed E-state index contributed by atoms with van der Waals surface area (Å²) < 4.78 is 6.67. The quantitative estimate of drug-likeness (QED) is 0.165. The summed E-state index contributed by atoms with van der Waals surface area (Å²) in [5.41, 5.74) is 13.0. The van der Waals surface area contributed by atoms with Crippen LogP contribution in [0.2, 0.25) is 0 Å². The minimum Gasteiger partial charge on any atom is -0.489 e. The first-order valence-corrected chi connectivity index (χ1v) is 19.3. The molecule has 5 atom stereocenters. The number of hydrogen-bond donors (Lipinski definition) is 0. The van der Waals surface area contributed by atoms with Gasteiger partial charge in [0.15, 0.2) is 0 Å².